The van der Waals surface area contributed by atoms with Crippen LogP contribution in [0.25, 0.3) is 0 Å². The van der Waals surface area contributed by atoms with Crippen LogP contribution in [0.2, 0.25) is 5.15 Å². The fourth-order valence-electron chi connectivity index (χ4n) is 1.60. The van der Waals surface area contributed by atoms with Crippen LogP contribution in [0.15, 0.2) is 30.3 Å². The van der Waals surface area contributed by atoms with Crippen molar-refractivity contribution in [2.24, 2.45) is 0 Å². The van der Waals surface area contributed by atoms with Crippen LogP contribution in [0, 0.1) is 0 Å². The largest absolute Gasteiger partial charge is 0.494 e. The molecule has 1 heterocycles. The van der Waals surface area contributed by atoms with Gasteiger partial charge in [0.25, 0.3) is 0 Å². The molecule has 0 N–H and O–H groups in total. The summed E-state index contributed by atoms with van der Waals surface area (Å²) in [4.78, 5) is 8.37. The lowest BCUT2D eigenvalue weighted by atomic mass is 10.3. The molecule has 0 atom stereocenters. The molecule has 4 nitrogen and oxygen atoms in total. The van der Waals surface area contributed by atoms with Gasteiger partial charge >= 0.3 is 0 Å². The van der Waals surface area contributed by atoms with Gasteiger partial charge in [0.05, 0.1) is 6.61 Å². The zero-order valence-corrected chi connectivity index (χ0v) is 12.4. The van der Waals surface area contributed by atoms with E-state index in [4.69, 9.17) is 21.1 Å². The van der Waals surface area contributed by atoms with Gasteiger partial charge in [-0.15, -0.1) is 0 Å². The minimum Gasteiger partial charge on any atom is -0.494 e. The fourth-order valence-corrected chi connectivity index (χ4v) is 1.79. The quantitative estimate of drug-likeness (QED) is 0.746. The third-order valence-electron chi connectivity index (χ3n) is 2.55. The molecule has 2 aromatic rings. The van der Waals surface area contributed by atoms with Gasteiger partial charge in [0.2, 0.25) is 5.88 Å². The van der Waals surface area contributed by atoms with E-state index >= 15 is 0 Å². The average Bonchev–Trinajstić information content (AvgIpc) is 2.46. The molecule has 0 unspecified atom stereocenters. The number of halogens is 1. The monoisotopic (exact) mass is 292 g/mol. The highest BCUT2D eigenvalue weighted by atomic mass is 35.5. The first-order valence-electron chi connectivity index (χ1n) is 6.65. The molecule has 0 saturated carbocycles. The van der Waals surface area contributed by atoms with Crippen molar-refractivity contribution in [3.63, 3.8) is 0 Å². The van der Waals surface area contributed by atoms with Gasteiger partial charge in [0.15, 0.2) is 0 Å². The van der Waals surface area contributed by atoms with Gasteiger partial charge in [-0.1, -0.05) is 25.4 Å². The van der Waals surface area contributed by atoms with Gasteiger partial charge in [-0.2, -0.15) is 4.98 Å². The van der Waals surface area contributed by atoms with E-state index in [0.29, 0.717) is 35.6 Å². The van der Waals surface area contributed by atoms with Gasteiger partial charge < -0.3 is 9.47 Å². The van der Waals surface area contributed by atoms with Crippen molar-refractivity contribution >= 4 is 11.6 Å². The molecule has 0 spiro atoms. The van der Waals surface area contributed by atoms with Crippen LogP contribution < -0.4 is 9.47 Å². The topological polar surface area (TPSA) is 44.2 Å². The molecule has 0 bridgehead atoms. The first-order chi connectivity index (χ1) is 9.71. The molecule has 0 amide bonds. The third-order valence-corrected chi connectivity index (χ3v) is 2.75. The molecule has 106 valence electrons. The molecule has 0 saturated heterocycles. The number of benzene rings is 1. The number of ether oxygens (including phenoxy) is 2. The minimum atomic E-state index is 0.384. The number of aryl methyl sites for hydroxylation is 1. The van der Waals surface area contributed by atoms with E-state index in [1.165, 1.54) is 0 Å². The molecule has 5 heteroatoms. The van der Waals surface area contributed by atoms with Crippen molar-refractivity contribution in [2.75, 3.05) is 6.61 Å². The summed E-state index contributed by atoms with van der Waals surface area (Å²) in [5, 5.41) is 0.384. The lowest BCUT2D eigenvalue weighted by Crippen LogP contribution is -1.97. The number of hydrogen-bond donors (Lipinski definition) is 0. The summed E-state index contributed by atoms with van der Waals surface area (Å²) < 4.78 is 11.2. The average molecular weight is 293 g/mol. The van der Waals surface area contributed by atoms with Gasteiger partial charge in [0, 0.05) is 12.5 Å². The molecule has 0 aliphatic heterocycles. The summed E-state index contributed by atoms with van der Waals surface area (Å²) in [5.74, 6) is 2.62. The molecule has 0 aliphatic rings. The lowest BCUT2D eigenvalue weighted by Gasteiger charge is -2.08. The molecule has 0 aliphatic carbocycles. The van der Waals surface area contributed by atoms with Crippen LogP contribution in [0.1, 0.15) is 26.1 Å². The van der Waals surface area contributed by atoms with Crippen molar-refractivity contribution in [1.29, 1.82) is 0 Å². The maximum absolute atomic E-state index is 5.93. The van der Waals surface area contributed by atoms with Crippen LogP contribution in [-0.4, -0.2) is 16.6 Å². The van der Waals surface area contributed by atoms with E-state index in [2.05, 4.69) is 16.9 Å². The standard InChI is InChI=1S/C15H17ClN2O2/c1-3-9-19-11-5-7-12(8-6-11)20-15-10-13(16)17-14(4-2)18-15/h5-8,10H,3-4,9H2,1-2H3. The van der Waals surface area contributed by atoms with E-state index in [1.807, 2.05) is 31.2 Å². The van der Waals surface area contributed by atoms with Crippen LogP contribution in [0.4, 0.5) is 0 Å². The predicted molar refractivity (Wildman–Crippen MR) is 78.7 cm³/mol. The van der Waals surface area contributed by atoms with E-state index < -0.39 is 0 Å². The third kappa shape index (κ3) is 4.10. The number of hydrogen-bond acceptors (Lipinski definition) is 4. The second-order valence-electron chi connectivity index (χ2n) is 4.22. The fraction of sp³-hybridized carbons (Fsp3) is 0.333. The van der Waals surface area contributed by atoms with Gasteiger partial charge in [-0.05, 0) is 30.7 Å². The highest BCUT2D eigenvalue weighted by Crippen LogP contribution is 2.24. The smallest absolute Gasteiger partial charge is 0.224 e. The zero-order valence-electron chi connectivity index (χ0n) is 11.6. The van der Waals surface area contributed by atoms with Crippen molar-refractivity contribution < 1.29 is 9.47 Å². The Hall–Kier alpha value is -1.81. The van der Waals surface area contributed by atoms with Crippen LogP contribution in [-0.2, 0) is 6.42 Å². The second kappa shape index (κ2) is 7.10. The Morgan fingerprint density at radius 3 is 2.40 bits per heavy atom. The predicted octanol–water partition coefficient (Wildman–Crippen LogP) is 4.27. The molecule has 1 aromatic carbocycles. The summed E-state index contributed by atoms with van der Waals surface area (Å²) in [6.45, 7) is 4.75. The molecule has 0 radical (unpaired) electrons. The van der Waals surface area contributed by atoms with Crippen molar-refractivity contribution in [3.05, 3.63) is 41.3 Å². The van der Waals surface area contributed by atoms with Crippen molar-refractivity contribution in [2.45, 2.75) is 26.7 Å². The first-order valence-corrected chi connectivity index (χ1v) is 7.03. The highest BCUT2D eigenvalue weighted by Gasteiger charge is 2.04. The molecule has 2 rings (SSSR count). The summed E-state index contributed by atoms with van der Waals surface area (Å²) in [7, 11) is 0. The summed E-state index contributed by atoms with van der Waals surface area (Å²) >= 11 is 5.93. The molecular formula is C15H17ClN2O2. The normalized spacial score (nSPS) is 10.3. The van der Waals surface area contributed by atoms with Crippen LogP contribution >= 0.6 is 11.6 Å². The maximum atomic E-state index is 5.93. The minimum absolute atomic E-state index is 0.384. The Morgan fingerprint density at radius 1 is 1.05 bits per heavy atom. The van der Waals surface area contributed by atoms with Gasteiger partial charge in [-0.25, -0.2) is 4.98 Å². The molecule has 20 heavy (non-hydrogen) atoms. The van der Waals surface area contributed by atoms with E-state index in [1.54, 1.807) is 6.07 Å². The Labute approximate surface area is 123 Å². The number of nitrogens with zero attached hydrogens (tertiary/aromatic N) is 2. The van der Waals surface area contributed by atoms with E-state index in [9.17, 15) is 0 Å². The first kappa shape index (κ1) is 14.6. The number of rotatable bonds is 6. The van der Waals surface area contributed by atoms with Crippen LogP contribution in [0.3, 0.4) is 0 Å². The Balaban J connectivity index is 2.07. The second-order valence-corrected chi connectivity index (χ2v) is 4.61. The summed E-state index contributed by atoms with van der Waals surface area (Å²) in [6.07, 6.45) is 1.69. The Bertz CT molecular complexity index is 558. The van der Waals surface area contributed by atoms with Crippen molar-refractivity contribution in [1.82, 2.24) is 9.97 Å². The highest BCUT2D eigenvalue weighted by molar-refractivity contribution is 6.29. The molecule has 0 fully saturated rings. The number of aromatic nitrogens is 2. The van der Waals surface area contributed by atoms with Gasteiger partial charge in [-0.3, -0.25) is 0 Å². The maximum Gasteiger partial charge on any atom is 0.224 e. The Morgan fingerprint density at radius 2 is 1.75 bits per heavy atom. The summed E-state index contributed by atoms with van der Waals surface area (Å²) in [6, 6.07) is 9.02. The van der Waals surface area contributed by atoms with Gasteiger partial charge in [0.1, 0.15) is 22.5 Å². The molecule has 1 aromatic heterocycles. The Kier molecular flexibility index (Phi) is 5.18. The zero-order chi connectivity index (χ0) is 14.4. The van der Waals surface area contributed by atoms with E-state index in [0.717, 1.165) is 12.2 Å². The van der Waals surface area contributed by atoms with Crippen LogP contribution in [0.5, 0.6) is 17.4 Å². The van der Waals surface area contributed by atoms with Crippen molar-refractivity contribution in [3.8, 4) is 17.4 Å². The lowest BCUT2D eigenvalue weighted by molar-refractivity contribution is 0.317. The SMILES string of the molecule is CCCOc1ccc(Oc2cc(Cl)nc(CC)n2)cc1. The van der Waals surface area contributed by atoms with E-state index in [-0.39, 0.29) is 0 Å². The summed E-state index contributed by atoms with van der Waals surface area (Å²) in [5.41, 5.74) is 0. The molecular weight excluding hydrogens is 276 g/mol.